The van der Waals surface area contributed by atoms with Crippen molar-refractivity contribution in [3.63, 3.8) is 0 Å². The number of fused-ring (bicyclic) bond motifs is 1. The first-order chi connectivity index (χ1) is 9.63. The molecule has 2 atom stereocenters. The van der Waals surface area contributed by atoms with Crippen LogP contribution in [0.5, 0.6) is 0 Å². The Morgan fingerprint density at radius 3 is 3.15 bits per heavy atom. The maximum atomic E-state index is 11.6. The number of halogens is 1. The third kappa shape index (κ3) is 2.76. The minimum atomic E-state index is -0.0629. The van der Waals surface area contributed by atoms with Crippen molar-refractivity contribution >= 4 is 23.3 Å². The SMILES string of the molecule is CN1Cc2cc(C(Cl)CC3CCCO3)ccc2NC1=O. The number of carbonyl (C=O) groups excluding carboxylic acids is 1. The van der Waals surface area contributed by atoms with Gasteiger partial charge in [0.2, 0.25) is 0 Å². The molecule has 1 fully saturated rings. The first kappa shape index (κ1) is 13.7. The van der Waals surface area contributed by atoms with Gasteiger partial charge in [-0.2, -0.15) is 0 Å². The molecule has 0 radical (unpaired) electrons. The summed E-state index contributed by atoms with van der Waals surface area (Å²) in [5, 5.41) is 2.83. The normalized spacial score (nSPS) is 23.4. The number of alkyl halides is 1. The maximum Gasteiger partial charge on any atom is 0.321 e. The van der Waals surface area contributed by atoms with Gasteiger partial charge in [0.05, 0.1) is 11.5 Å². The van der Waals surface area contributed by atoms with Gasteiger partial charge in [0.25, 0.3) is 0 Å². The second-order valence-corrected chi connectivity index (χ2v) is 6.07. The van der Waals surface area contributed by atoms with Gasteiger partial charge in [-0.25, -0.2) is 4.79 Å². The predicted octanol–water partition coefficient (Wildman–Crippen LogP) is 3.51. The number of urea groups is 1. The monoisotopic (exact) mass is 294 g/mol. The fourth-order valence-electron chi connectivity index (χ4n) is 2.80. The molecule has 0 aliphatic carbocycles. The predicted molar refractivity (Wildman–Crippen MR) is 79.1 cm³/mol. The molecule has 0 spiro atoms. The van der Waals surface area contributed by atoms with E-state index in [1.807, 2.05) is 12.1 Å². The van der Waals surface area contributed by atoms with Gasteiger partial charge in [0.1, 0.15) is 0 Å². The number of benzene rings is 1. The van der Waals surface area contributed by atoms with Gasteiger partial charge in [-0.3, -0.25) is 0 Å². The molecular formula is C15H19ClN2O2. The summed E-state index contributed by atoms with van der Waals surface area (Å²) in [5.74, 6) is 0. The number of hydrogen-bond acceptors (Lipinski definition) is 2. The van der Waals surface area contributed by atoms with E-state index >= 15 is 0 Å². The van der Waals surface area contributed by atoms with Crippen LogP contribution in [0.4, 0.5) is 10.5 Å². The third-order valence-electron chi connectivity index (χ3n) is 3.98. The number of amides is 2. The quantitative estimate of drug-likeness (QED) is 0.867. The first-order valence-electron chi connectivity index (χ1n) is 7.04. The van der Waals surface area contributed by atoms with Crippen molar-refractivity contribution < 1.29 is 9.53 Å². The lowest BCUT2D eigenvalue weighted by Gasteiger charge is -2.27. The summed E-state index contributed by atoms with van der Waals surface area (Å²) in [6, 6.07) is 5.97. The highest BCUT2D eigenvalue weighted by atomic mass is 35.5. The van der Waals surface area contributed by atoms with Crippen LogP contribution < -0.4 is 5.32 Å². The van der Waals surface area contributed by atoms with Crippen molar-refractivity contribution in [1.29, 1.82) is 0 Å². The van der Waals surface area contributed by atoms with Crippen LogP contribution in [0.1, 0.15) is 35.8 Å². The van der Waals surface area contributed by atoms with Gasteiger partial charge in [0.15, 0.2) is 0 Å². The summed E-state index contributed by atoms with van der Waals surface area (Å²) in [6.45, 7) is 1.48. The smallest absolute Gasteiger partial charge is 0.321 e. The van der Waals surface area contributed by atoms with Crippen LogP contribution in [-0.2, 0) is 11.3 Å². The molecule has 1 saturated heterocycles. The van der Waals surface area contributed by atoms with Crippen LogP contribution in [0.2, 0.25) is 0 Å². The molecule has 2 unspecified atom stereocenters. The van der Waals surface area contributed by atoms with Crippen LogP contribution in [0.15, 0.2) is 18.2 Å². The van der Waals surface area contributed by atoms with Crippen molar-refractivity contribution in [2.75, 3.05) is 19.0 Å². The second kappa shape index (κ2) is 5.62. The summed E-state index contributed by atoms with van der Waals surface area (Å²) >= 11 is 6.51. The van der Waals surface area contributed by atoms with E-state index < -0.39 is 0 Å². The lowest BCUT2D eigenvalue weighted by atomic mass is 10.0. The first-order valence-corrected chi connectivity index (χ1v) is 7.48. The van der Waals surface area contributed by atoms with Crippen molar-refractivity contribution in [1.82, 2.24) is 4.90 Å². The molecule has 108 valence electrons. The summed E-state index contributed by atoms with van der Waals surface area (Å²) in [7, 11) is 1.79. The number of hydrogen-bond donors (Lipinski definition) is 1. The van der Waals surface area contributed by atoms with Crippen LogP contribution in [0.25, 0.3) is 0 Å². The number of nitrogens with zero attached hydrogens (tertiary/aromatic N) is 1. The van der Waals surface area contributed by atoms with Gasteiger partial charge < -0.3 is 15.0 Å². The zero-order valence-electron chi connectivity index (χ0n) is 11.6. The van der Waals surface area contributed by atoms with Crippen molar-refractivity contribution in [2.24, 2.45) is 0 Å². The van der Waals surface area contributed by atoms with E-state index in [1.54, 1.807) is 11.9 Å². The Bertz CT molecular complexity index is 515. The number of anilines is 1. The summed E-state index contributed by atoms with van der Waals surface area (Å²) in [5.41, 5.74) is 3.10. The van der Waals surface area contributed by atoms with E-state index in [0.29, 0.717) is 6.54 Å². The van der Waals surface area contributed by atoms with Crippen LogP contribution >= 0.6 is 11.6 Å². The second-order valence-electron chi connectivity index (χ2n) is 5.54. The number of ether oxygens (including phenoxy) is 1. The topological polar surface area (TPSA) is 41.6 Å². The highest BCUT2D eigenvalue weighted by Crippen LogP contribution is 2.33. The Morgan fingerprint density at radius 1 is 1.55 bits per heavy atom. The molecule has 5 heteroatoms. The third-order valence-corrected chi connectivity index (χ3v) is 4.41. The Labute approximate surface area is 124 Å². The summed E-state index contributed by atoms with van der Waals surface area (Å²) < 4.78 is 5.64. The summed E-state index contributed by atoms with van der Waals surface area (Å²) in [4.78, 5) is 13.2. The van der Waals surface area contributed by atoms with Crippen molar-refractivity contribution in [3.05, 3.63) is 29.3 Å². The summed E-state index contributed by atoms with van der Waals surface area (Å²) in [6.07, 6.45) is 3.38. The van der Waals surface area contributed by atoms with Gasteiger partial charge in [-0.15, -0.1) is 11.6 Å². The zero-order chi connectivity index (χ0) is 14.1. The fourth-order valence-corrected chi connectivity index (χ4v) is 3.13. The molecule has 0 bridgehead atoms. The molecule has 20 heavy (non-hydrogen) atoms. The van der Waals surface area contributed by atoms with E-state index in [2.05, 4.69) is 11.4 Å². The van der Waals surface area contributed by atoms with Crippen LogP contribution in [-0.4, -0.2) is 30.7 Å². The average Bonchev–Trinajstić information content (AvgIpc) is 2.92. The Balaban J connectivity index is 1.74. The van der Waals surface area contributed by atoms with Crippen LogP contribution in [0, 0.1) is 0 Å². The Kier molecular flexibility index (Phi) is 3.85. The molecule has 2 aliphatic rings. The molecule has 4 nitrogen and oxygen atoms in total. The van der Waals surface area contributed by atoms with Gasteiger partial charge in [0, 0.05) is 25.9 Å². The standard InChI is InChI=1S/C15H19ClN2O2/c1-18-9-11-7-10(4-5-14(11)17-15(18)19)13(16)8-12-3-2-6-20-12/h4-5,7,12-13H,2-3,6,8-9H2,1H3,(H,17,19). The van der Waals surface area contributed by atoms with E-state index in [9.17, 15) is 4.79 Å². The molecule has 2 aliphatic heterocycles. The molecule has 1 aromatic rings. The van der Waals surface area contributed by atoms with E-state index in [1.165, 1.54) is 0 Å². The highest BCUT2D eigenvalue weighted by molar-refractivity contribution is 6.20. The van der Waals surface area contributed by atoms with Crippen LogP contribution in [0.3, 0.4) is 0 Å². The Morgan fingerprint density at radius 2 is 2.40 bits per heavy atom. The molecule has 2 heterocycles. The van der Waals surface area contributed by atoms with E-state index in [0.717, 1.165) is 42.7 Å². The number of carbonyl (C=O) groups is 1. The molecule has 1 aromatic carbocycles. The van der Waals surface area contributed by atoms with Gasteiger partial charge in [-0.1, -0.05) is 12.1 Å². The minimum absolute atomic E-state index is 0.0358. The maximum absolute atomic E-state index is 11.6. The van der Waals surface area contributed by atoms with Crippen molar-refractivity contribution in [3.8, 4) is 0 Å². The Hall–Kier alpha value is -1.26. The molecule has 2 amide bonds. The average molecular weight is 295 g/mol. The van der Waals surface area contributed by atoms with Crippen molar-refractivity contribution in [2.45, 2.75) is 37.3 Å². The molecule has 0 aromatic heterocycles. The molecule has 1 N–H and O–H groups in total. The number of nitrogens with one attached hydrogen (secondary N) is 1. The lowest BCUT2D eigenvalue weighted by molar-refractivity contribution is 0.103. The fraction of sp³-hybridized carbons (Fsp3) is 0.533. The highest BCUT2D eigenvalue weighted by Gasteiger charge is 2.23. The number of rotatable bonds is 3. The zero-order valence-corrected chi connectivity index (χ0v) is 12.3. The minimum Gasteiger partial charge on any atom is -0.378 e. The van der Waals surface area contributed by atoms with Gasteiger partial charge >= 0.3 is 6.03 Å². The lowest BCUT2D eigenvalue weighted by Crippen LogP contribution is -2.35. The molecular weight excluding hydrogens is 276 g/mol. The van der Waals surface area contributed by atoms with E-state index in [4.69, 9.17) is 16.3 Å². The van der Waals surface area contributed by atoms with E-state index in [-0.39, 0.29) is 17.5 Å². The molecule has 3 rings (SSSR count). The molecule has 0 saturated carbocycles. The van der Waals surface area contributed by atoms with Gasteiger partial charge in [-0.05, 0) is 36.5 Å². The largest absolute Gasteiger partial charge is 0.378 e.